The Morgan fingerprint density at radius 3 is 2.56 bits per heavy atom. The first kappa shape index (κ1) is 18.1. The lowest BCUT2D eigenvalue weighted by Crippen LogP contribution is -2.60. The van der Waals surface area contributed by atoms with E-state index in [9.17, 15) is 13.2 Å². The van der Waals surface area contributed by atoms with Gasteiger partial charge >= 0.3 is 0 Å². The molecule has 4 rings (SSSR count). The first-order valence-electron chi connectivity index (χ1n) is 9.02. The molecule has 2 atom stereocenters. The van der Waals surface area contributed by atoms with Crippen molar-refractivity contribution in [3.8, 4) is 0 Å². The molecular weight excluding hydrogens is 368 g/mol. The lowest BCUT2D eigenvalue weighted by molar-refractivity contribution is 0.0349. The van der Waals surface area contributed by atoms with Crippen molar-refractivity contribution >= 4 is 15.7 Å². The van der Waals surface area contributed by atoms with Crippen LogP contribution in [0.4, 0.5) is 0 Å². The van der Waals surface area contributed by atoms with Gasteiger partial charge < -0.3 is 4.90 Å². The van der Waals surface area contributed by atoms with Gasteiger partial charge in [0.25, 0.3) is 5.91 Å². The van der Waals surface area contributed by atoms with Crippen LogP contribution in [0.25, 0.3) is 0 Å². The number of hydrogen-bond donors (Lipinski definition) is 0. The predicted molar refractivity (Wildman–Crippen MR) is 97.9 cm³/mol. The molecule has 0 radical (unpaired) electrons. The first-order chi connectivity index (χ1) is 13.0. The third-order valence-electron chi connectivity index (χ3n) is 5.39. The number of likely N-dealkylation sites (N-methyl/N-ethyl adjacent to an activating group) is 1. The summed E-state index contributed by atoms with van der Waals surface area (Å²) in [6, 6.07) is 6.95. The molecule has 0 saturated carbocycles. The van der Waals surface area contributed by atoms with E-state index in [1.807, 2.05) is 19.1 Å². The van der Waals surface area contributed by atoms with Gasteiger partial charge in [-0.1, -0.05) is 19.1 Å². The number of carbonyl (C=O) groups excluding carboxylic acids is 1. The Kier molecular flexibility index (Phi) is 4.68. The van der Waals surface area contributed by atoms with Crippen molar-refractivity contribution in [2.75, 3.05) is 31.1 Å². The van der Waals surface area contributed by atoms with E-state index < -0.39 is 9.84 Å². The summed E-state index contributed by atoms with van der Waals surface area (Å²) < 4.78 is 26.0. The summed E-state index contributed by atoms with van der Waals surface area (Å²) in [6.07, 6.45) is 1.53. The third-order valence-corrected chi connectivity index (χ3v) is 7.09. The zero-order chi connectivity index (χ0) is 19.0. The van der Waals surface area contributed by atoms with Gasteiger partial charge in [0, 0.05) is 24.7 Å². The molecule has 0 spiro atoms. The fraction of sp³-hybridized carbons (Fsp3) is 0.529. The number of piperazine rings is 1. The van der Waals surface area contributed by atoms with Crippen LogP contribution >= 0.6 is 0 Å². The van der Waals surface area contributed by atoms with Crippen molar-refractivity contribution in [2.24, 2.45) is 0 Å². The molecule has 0 N–H and O–H groups in total. The van der Waals surface area contributed by atoms with E-state index in [1.165, 1.54) is 6.33 Å². The summed E-state index contributed by atoms with van der Waals surface area (Å²) in [6.45, 7) is 4.61. The number of benzene rings is 1. The monoisotopic (exact) mass is 390 g/mol. The van der Waals surface area contributed by atoms with Crippen LogP contribution in [0.5, 0.6) is 0 Å². The van der Waals surface area contributed by atoms with Gasteiger partial charge in [-0.05, 0) is 34.7 Å². The van der Waals surface area contributed by atoms with E-state index in [0.29, 0.717) is 25.2 Å². The number of rotatable bonds is 4. The number of hydrogen-bond acceptors (Lipinski definition) is 7. The van der Waals surface area contributed by atoms with Crippen LogP contribution in [0.15, 0.2) is 30.6 Å². The number of aromatic nitrogens is 4. The minimum atomic E-state index is -3.11. The van der Waals surface area contributed by atoms with Crippen LogP contribution in [0, 0.1) is 0 Å². The second-order valence-corrected chi connectivity index (χ2v) is 9.20. The van der Waals surface area contributed by atoms with Crippen LogP contribution in [0.2, 0.25) is 0 Å². The maximum atomic E-state index is 13.1. The molecule has 0 aliphatic carbocycles. The largest absolute Gasteiger partial charge is 0.332 e. The van der Waals surface area contributed by atoms with Crippen molar-refractivity contribution < 1.29 is 13.2 Å². The molecule has 0 bridgehead atoms. The molecule has 3 heterocycles. The molecule has 10 heteroatoms. The number of nitrogens with zero attached hydrogens (tertiary/aromatic N) is 6. The standard InChI is InChI=1S/C17H22N6O3S/c1-2-21-7-8-23(16-11-27(25,26)10-15(16)21)17(24)14-5-3-13(4-6-14)9-22-12-18-19-20-22/h3-6,12,15-16H,2,7-11H2,1H3/t15-,16+/m1/s1. The summed E-state index contributed by atoms with van der Waals surface area (Å²) in [4.78, 5) is 17.0. The van der Waals surface area contributed by atoms with Crippen LogP contribution < -0.4 is 0 Å². The molecule has 2 saturated heterocycles. The van der Waals surface area contributed by atoms with Gasteiger partial charge in [-0.3, -0.25) is 9.69 Å². The van der Waals surface area contributed by atoms with Gasteiger partial charge in [-0.2, -0.15) is 0 Å². The Morgan fingerprint density at radius 1 is 1.15 bits per heavy atom. The fourth-order valence-corrected chi connectivity index (χ4v) is 6.04. The lowest BCUT2D eigenvalue weighted by Gasteiger charge is -2.43. The molecule has 9 nitrogen and oxygen atoms in total. The highest BCUT2D eigenvalue weighted by atomic mass is 32.2. The quantitative estimate of drug-likeness (QED) is 0.704. The number of sulfone groups is 1. The average molecular weight is 390 g/mol. The summed E-state index contributed by atoms with van der Waals surface area (Å²) >= 11 is 0. The highest BCUT2D eigenvalue weighted by Gasteiger charge is 2.47. The second-order valence-electron chi connectivity index (χ2n) is 7.04. The van der Waals surface area contributed by atoms with Crippen LogP contribution in [-0.2, 0) is 16.4 Å². The lowest BCUT2D eigenvalue weighted by atomic mass is 10.0. The molecule has 2 fully saturated rings. The minimum Gasteiger partial charge on any atom is -0.332 e. The van der Waals surface area contributed by atoms with Gasteiger partial charge in [-0.15, -0.1) is 5.10 Å². The normalized spacial score (nSPS) is 24.7. The molecule has 2 aromatic rings. The van der Waals surface area contributed by atoms with Gasteiger partial charge in [0.05, 0.1) is 24.1 Å². The Labute approximate surface area is 157 Å². The first-order valence-corrected chi connectivity index (χ1v) is 10.8. The van der Waals surface area contributed by atoms with E-state index >= 15 is 0 Å². The van der Waals surface area contributed by atoms with Crippen molar-refractivity contribution in [2.45, 2.75) is 25.6 Å². The Hall–Kier alpha value is -2.33. The van der Waals surface area contributed by atoms with Gasteiger partial charge in [0.1, 0.15) is 6.33 Å². The van der Waals surface area contributed by atoms with Gasteiger partial charge in [0.2, 0.25) is 0 Å². The van der Waals surface area contributed by atoms with Crippen molar-refractivity contribution in [1.29, 1.82) is 0 Å². The molecule has 2 aliphatic rings. The maximum absolute atomic E-state index is 13.1. The Morgan fingerprint density at radius 2 is 1.89 bits per heavy atom. The third kappa shape index (κ3) is 3.59. The van der Waals surface area contributed by atoms with Crippen molar-refractivity contribution in [3.63, 3.8) is 0 Å². The smallest absolute Gasteiger partial charge is 0.254 e. The number of fused-ring (bicyclic) bond motifs is 1. The van der Waals surface area contributed by atoms with E-state index in [0.717, 1.165) is 12.1 Å². The average Bonchev–Trinajstić information content (AvgIpc) is 3.27. The summed E-state index contributed by atoms with van der Waals surface area (Å²) in [5.41, 5.74) is 1.56. The molecule has 27 heavy (non-hydrogen) atoms. The SMILES string of the molecule is CCN1CCN(C(=O)c2ccc(Cn3cnnn3)cc2)[C@H]2CS(=O)(=O)C[C@H]21. The van der Waals surface area contributed by atoms with Crippen LogP contribution in [0.3, 0.4) is 0 Å². The second kappa shape index (κ2) is 7.01. The summed E-state index contributed by atoms with van der Waals surface area (Å²) in [5.74, 6) is 0.0871. The fourth-order valence-electron chi connectivity index (χ4n) is 4.03. The minimum absolute atomic E-state index is 0.0529. The van der Waals surface area contributed by atoms with E-state index in [2.05, 4.69) is 20.4 Å². The number of carbonyl (C=O) groups is 1. The molecule has 1 aromatic carbocycles. The van der Waals surface area contributed by atoms with E-state index in [1.54, 1.807) is 21.7 Å². The van der Waals surface area contributed by atoms with E-state index in [-0.39, 0.29) is 29.5 Å². The van der Waals surface area contributed by atoms with Crippen molar-refractivity contribution in [3.05, 3.63) is 41.7 Å². The highest BCUT2D eigenvalue weighted by Crippen LogP contribution is 2.28. The predicted octanol–water partition coefficient (Wildman–Crippen LogP) is -0.335. The molecule has 144 valence electrons. The van der Waals surface area contributed by atoms with E-state index in [4.69, 9.17) is 0 Å². The van der Waals surface area contributed by atoms with Crippen LogP contribution in [0.1, 0.15) is 22.8 Å². The number of tetrazole rings is 1. The molecule has 2 aliphatic heterocycles. The summed E-state index contributed by atoms with van der Waals surface area (Å²) in [5, 5.41) is 11.0. The topological polar surface area (TPSA) is 101 Å². The number of amides is 1. The van der Waals surface area contributed by atoms with Crippen molar-refractivity contribution in [1.82, 2.24) is 30.0 Å². The molecule has 1 amide bonds. The molecule has 1 aromatic heterocycles. The Balaban J connectivity index is 1.52. The maximum Gasteiger partial charge on any atom is 0.254 e. The zero-order valence-corrected chi connectivity index (χ0v) is 15.9. The zero-order valence-electron chi connectivity index (χ0n) is 15.1. The Bertz CT molecular complexity index is 913. The highest BCUT2D eigenvalue weighted by molar-refractivity contribution is 7.91. The van der Waals surface area contributed by atoms with Crippen LogP contribution in [-0.4, -0.2) is 87.6 Å². The summed E-state index contributed by atoms with van der Waals surface area (Å²) in [7, 11) is -3.11. The van der Waals surface area contributed by atoms with Gasteiger partial charge in [-0.25, -0.2) is 13.1 Å². The molecule has 0 unspecified atom stereocenters. The van der Waals surface area contributed by atoms with Gasteiger partial charge in [0.15, 0.2) is 9.84 Å². The molecular formula is C17H22N6O3S.